The molecule has 0 rings (SSSR count). The van der Waals surface area contributed by atoms with E-state index in [4.69, 9.17) is 9.47 Å². The Morgan fingerprint density at radius 3 is 2.33 bits per heavy atom. The zero-order chi connectivity index (χ0) is 9.61. The lowest BCUT2D eigenvalue weighted by Crippen LogP contribution is -2.25. The van der Waals surface area contributed by atoms with Gasteiger partial charge in [0, 0.05) is 13.7 Å². The van der Waals surface area contributed by atoms with Gasteiger partial charge in [-0.05, 0) is 33.6 Å². The van der Waals surface area contributed by atoms with Crippen molar-refractivity contribution in [2.24, 2.45) is 0 Å². The summed E-state index contributed by atoms with van der Waals surface area (Å²) >= 11 is 0. The maximum absolute atomic E-state index is 5.67. The third-order valence-electron chi connectivity index (χ3n) is 2.27. The van der Waals surface area contributed by atoms with Crippen LogP contribution in [0.5, 0.6) is 0 Å². The highest BCUT2D eigenvalue weighted by Crippen LogP contribution is 2.14. The van der Waals surface area contributed by atoms with Gasteiger partial charge in [0.1, 0.15) is 0 Å². The molecule has 0 N–H and O–H groups in total. The molecule has 0 aromatic rings. The summed E-state index contributed by atoms with van der Waals surface area (Å²) in [5, 5.41) is 0. The average molecular weight is 174 g/mol. The van der Waals surface area contributed by atoms with Gasteiger partial charge in [0.25, 0.3) is 0 Å². The fourth-order valence-electron chi connectivity index (χ4n) is 0.721. The van der Waals surface area contributed by atoms with E-state index in [0.29, 0.717) is 6.10 Å². The highest BCUT2D eigenvalue weighted by Gasteiger charge is 2.14. The molecule has 0 fully saturated rings. The summed E-state index contributed by atoms with van der Waals surface area (Å²) in [7, 11) is 1.73. The van der Waals surface area contributed by atoms with Gasteiger partial charge < -0.3 is 9.47 Å². The third kappa shape index (κ3) is 5.56. The molecule has 0 saturated carbocycles. The van der Waals surface area contributed by atoms with Crippen molar-refractivity contribution in [3.63, 3.8) is 0 Å². The van der Waals surface area contributed by atoms with E-state index in [1.54, 1.807) is 7.11 Å². The molecule has 74 valence electrons. The van der Waals surface area contributed by atoms with Gasteiger partial charge >= 0.3 is 0 Å². The Kier molecular flexibility index (Phi) is 5.51. The summed E-state index contributed by atoms with van der Waals surface area (Å²) in [6, 6.07) is 0. The van der Waals surface area contributed by atoms with Crippen LogP contribution in [-0.4, -0.2) is 25.4 Å². The molecule has 0 heterocycles. The van der Waals surface area contributed by atoms with Gasteiger partial charge in [0.15, 0.2) is 0 Å². The summed E-state index contributed by atoms with van der Waals surface area (Å²) in [4.78, 5) is 0. The van der Waals surface area contributed by atoms with Crippen molar-refractivity contribution in [1.82, 2.24) is 0 Å². The molecule has 0 aromatic carbocycles. The summed E-state index contributed by atoms with van der Waals surface area (Å²) in [5.74, 6) is 0. The second kappa shape index (κ2) is 5.55. The van der Waals surface area contributed by atoms with Gasteiger partial charge in [-0.2, -0.15) is 0 Å². The molecule has 0 bridgehead atoms. The number of hydrogen-bond acceptors (Lipinski definition) is 2. The van der Waals surface area contributed by atoms with Gasteiger partial charge in [0.2, 0.25) is 0 Å². The number of rotatable bonds is 6. The van der Waals surface area contributed by atoms with Gasteiger partial charge in [0.05, 0.1) is 11.7 Å². The van der Waals surface area contributed by atoms with Crippen LogP contribution in [0.2, 0.25) is 0 Å². The quantitative estimate of drug-likeness (QED) is 0.616. The van der Waals surface area contributed by atoms with Crippen molar-refractivity contribution in [1.29, 1.82) is 0 Å². The van der Waals surface area contributed by atoms with Gasteiger partial charge in [-0.15, -0.1) is 0 Å². The van der Waals surface area contributed by atoms with Crippen LogP contribution in [-0.2, 0) is 9.47 Å². The van der Waals surface area contributed by atoms with E-state index in [-0.39, 0.29) is 5.60 Å². The molecular formula is C10H22O2. The van der Waals surface area contributed by atoms with Crippen molar-refractivity contribution < 1.29 is 9.47 Å². The van der Waals surface area contributed by atoms with Gasteiger partial charge in [-0.3, -0.25) is 0 Å². The lowest BCUT2D eigenvalue weighted by molar-refractivity contribution is -0.0357. The van der Waals surface area contributed by atoms with Crippen LogP contribution in [0.3, 0.4) is 0 Å². The largest absolute Gasteiger partial charge is 0.382 e. The van der Waals surface area contributed by atoms with Crippen molar-refractivity contribution in [2.45, 2.75) is 52.2 Å². The van der Waals surface area contributed by atoms with Crippen LogP contribution in [0.15, 0.2) is 0 Å². The van der Waals surface area contributed by atoms with Crippen LogP contribution in [0.1, 0.15) is 40.5 Å². The molecule has 0 saturated heterocycles. The first-order valence-electron chi connectivity index (χ1n) is 4.68. The molecule has 0 amide bonds. The Bertz CT molecular complexity index is 110. The average Bonchev–Trinajstić information content (AvgIpc) is 2.04. The summed E-state index contributed by atoms with van der Waals surface area (Å²) < 4.78 is 10.8. The fraction of sp³-hybridized carbons (Fsp3) is 1.00. The van der Waals surface area contributed by atoms with E-state index in [1.807, 2.05) is 0 Å². The molecule has 0 aliphatic heterocycles. The molecule has 0 aliphatic carbocycles. The minimum Gasteiger partial charge on any atom is -0.382 e. The van der Waals surface area contributed by atoms with E-state index in [2.05, 4.69) is 27.7 Å². The Morgan fingerprint density at radius 2 is 1.92 bits per heavy atom. The normalized spacial score (nSPS) is 14.8. The van der Waals surface area contributed by atoms with Gasteiger partial charge in [-0.1, -0.05) is 6.92 Å². The van der Waals surface area contributed by atoms with Crippen molar-refractivity contribution >= 4 is 0 Å². The maximum Gasteiger partial charge on any atom is 0.0623 e. The predicted molar refractivity (Wildman–Crippen MR) is 51.4 cm³/mol. The van der Waals surface area contributed by atoms with E-state index in [1.165, 1.54) is 0 Å². The van der Waals surface area contributed by atoms with Crippen LogP contribution in [0, 0.1) is 0 Å². The standard InChI is InChI=1S/C10H22O2/c1-6-10(3,4)12-8-7-9(2)11-5/h9H,6-8H2,1-5H3. The smallest absolute Gasteiger partial charge is 0.0623 e. The number of methoxy groups -OCH3 is 1. The highest BCUT2D eigenvalue weighted by atomic mass is 16.5. The molecule has 0 radical (unpaired) electrons. The highest BCUT2D eigenvalue weighted by molar-refractivity contribution is 4.65. The summed E-state index contributed by atoms with van der Waals surface area (Å²) in [6.07, 6.45) is 2.33. The Hall–Kier alpha value is -0.0800. The molecule has 0 spiro atoms. The number of hydrogen-bond donors (Lipinski definition) is 0. The van der Waals surface area contributed by atoms with E-state index in [9.17, 15) is 0 Å². The van der Waals surface area contributed by atoms with Crippen molar-refractivity contribution in [3.05, 3.63) is 0 Å². The first-order valence-corrected chi connectivity index (χ1v) is 4.68. The molecular weight excluding hydrogens is 152 g/mol. The first kappa shape index (κ1) is 11.9. The molecule has 12 heavy (non-hydrogen) atoms. The molecule has 1 atom stereocenters. The number of ether oxygens (including phenoxy) is 2. The van der Waals surface area contributed by atoms with Crippen LogP contribution >= 0.6 is 0 Å². The first-order chi connectivity index (χ1) is 5.52. The third-order valence-corrected chi connectivity index (χ3v) is 2.27. The van der Waals surface area contributed by atoms with Crippen molar-refractivity contribution in [3.8, 4) is 0 Å². The monoisotopic (exact) mass is 174 g/mol. The summed E-state index contributed by atoms with van der Waals surface area (Å²) in [5.41, 5.74) is 0.0213. The van der Waals surface area contributed by atoms with Crippen LogP contribution in [0.4, 0.5) is 0 Å². The maximum atomic E-state index is 5.67. The van der Waals surface area contributed by atoms with Crippen LogP contribution in [0.25, 0.3) is 0 Å². The molecule has 2 heteroatoms. The van der Waals surface area contributed by atoms with Gasteiger partial charge in [-0.25, -0.2) is 0 Å². The minimum atomic E-state index is 0.0213. The van der Waals surface area contributed by atoms with Crippen molar-refractivity contribution in [2.75, 3.05) is 13.7 Å². The summed E-state index contributed by atoms with van der Waals surface area (Å²) in [6.45, 7) is 9.22. The lowest BCUT2D eigenvalue weighted by atomic mass is 10.1. The zero-order valence-corrected chi connectivity index (χ0v) is 9.02. The minimum absolute atomic E-state index is 0.0213. The SMILES string of the molecule is CCC(C)(C)OCCC(C)OC. The van der Waals surface area contributed by atoms with E-state index < -0.39 is 0 Å². The Labute approximate surface area is 76.3 Å². The lowest BCUT2D eigenvalue weighted by Gasteiger charge is -2.24. The van der Waals surface area contributed by atoms with E-state index in [0.717, 1.165) is 19.4 Å². The topological polar surface area (TPSA) is 18.5 Å². The molecule has 0 aliphatic rings. The second-order valence-corrected chi connectivity index (χ2v) is 3.80. The second-order valence-electron chi connectivity index (χ2n) is 3.80. The van der Waals surface area contributed by atoms with E-state index >= 15 is 0 Å². The fourth-order valence-corrected chi connectivity index (χ4v) is 0.721. The molecule has 1 unspecified atom stereocenters. The molecule has 0 aromatic heterocycles. The Balaban J connectivity index is 3.42. The predicted octanol–water partition coefficient (Wildman–Crippen LogP) is 2.62. The zero-order valence-electron chi connectivity index (χ0n) is 9.02. The molecule has 2 nitrogen and oxygen atoms in total. The Morgan fingerprint density at radius 1 is 1.33 bits per heavy atom. The van der Waals surface area contributed by atoms with Crippen LogP contribution < -0.4 is 0 Å².